The summed E-state index contributed by atoms with van der Waals surface area (Å²) >= 11 is 0. The molecule has 0 aliphatic carbocycles. The molecule has 0 spiro atoms. The van der Waals surface area contributed by atoms with Crippen LogP contribution in [0.15, 0.2) is 18.3 Å². The maximum atomic E-state index is 13.0. The molecule has 0 radical (unpaired) electrons. The number of rotatable bonds is 5. The molecule has 1 aromatic rings. The number of halogens is 2. The lowest BCUT2D eigenvalue weighted by Crippen LogP contribution is -2.23. The largest absolute Gasteiger partial charge is 0.470 e. The van der Waals surface area contributed by atoms with Crippen LogP contribution in [0.3, 0.4) is 0 Å². The summed E-state index contributed by atoms with van der Waals surface area (Å²) in [6, 6.07) is 3.15. The third-order valence-electron chi connectivity index (χ3n) is 2.34. The minimum absolute atomic E-state index is 0.0982. The van der Waals surface area contributed by atoms with Crippen LogP contribution in [0.25, 0.3) is 0 Å². The van der Waals surface area contributed by atoms with Crippen molar-refractivity contribution in [3.63, 3.8) is 0 Å². The van der Waals surface area contributed by atoms with Gasteiger partial charge in [0.2, 0.25) is 5.88 Å². The fraction of sp³-hybridized carbons (Fsp3) is 0.462. The van der Waals surface area contributed by atoms with E-state index in [1.165, 1.54) is 19.2 Å². The standard InChI is InChI=1S/C13H16F2N2O/c1-3-7-13(14,15)9-18-12-6-5-10(8-17-12)11(16)4-2/h5-6,8,11H,4,9,16H2,1-2H3. The monoisotopic (exact) mass is 254 g/mol. The van der Waals surface area contributed by atoms with Crippen LogP contribution in [0.4, 0.5) is 8.78 Å². The Morgan fingerprint density at radius 1 is 1.50 bits per heavy atom. The molecule has 0 saturated carbocycles. The molecule has 18 heavy (non-hydrogen) atoms. The molecule has 2 N–H and O–H groups in total. The number of alkyl halides is 2. The number of pyridine rings is 1. The van der Waals surface area contributed by atoms with Crippen molar-refractivity contribution < 1.29 is 13.5 Å². The van der Waals surface area contributed by atoms with Gasteiger partial charge >= 0.3 is 5.92 Å². The molecule has 0 aromatic carbocycles. The van der Waals surface area contributed by atoms with Crippen LogP contribution >= 0.6 is 0 Å². The maximum Gasteiger partial charge on any atom is 0.341 e. The van der Waals surface area contributed by atoms with Gasteiger partial charge in [0.25, 0.3) is 0 Å². The van der Waals surface area contributed by atoms with Crippen molar-refractivity contribution in [1.82, 2.24) is 4.98 Å². The molecule has 1 unspecified atom stereocenters. The summed E-state index contributed by atoms with van der Waals surface area (Å²) in [4.78, 5) is 3.93. The molecule has 1 rings (SSSR count). The van der Waals surface area contributed by atoms with Gasteiger partial charge in [0.05, 0.1) is 0 Å². The molecule has 98 valence electrons. The van der Waals surface area contributed by atoms with Gasteiger partial charge in [-0.2, -0.15) is 8.78 Å². The van der Waals surface area contributed by atoms with Gasteiger partial charge < -0.3 is 10.5 Å². The quantitative estimate of drug-likeness (QED) is 0.821. The van der Waals surface area contributed by atoms with Gasteiger partial charge in [0.15, 0.2) is 6.61 Å². The smallest absolute Gasteiger partial charge is 0.341 e. The van der Waals surface area contributed by atoms with E-state index in [1.807, 2.05) is 6.92 Å². The average Bonchev–Trinajstić information content (AvgIpc) is 2.36. The van der Waals surface area contributed by atoms with Gasteiger partial charge in [-0.3, -0.25) is 0 Å². The molecular weight excluding hydrogens is 238 g/mol. The minimum atomic E-state index is -3.16. The Balaban J connectivity index is 2.61. The number of aromatic nitrogens is 1. The lowest BCUT2D eigenvalue weighted by atomic mass is 10.1. The van der Waals surface area contributed by atoms with Gasteiger partial charge in [0, 0.05) is 18.3 Å². The van der Waals surface area contributed by atoms with Crippen LogP contribution in [0, 0.1) is 11.8 Å². The SMILES string of the molecule is CC#CC(F)(F)COc1ccc(C(N)CC)cn1. The van der Waals surface area contributed by atoms with Gasteiger partial charge in [-0.05, 0) is 24.8 Å². The van der Waals surface area contributed by atoms with E-state index in [0.29, 0.717) is 0 Å². The minimum Gasteiger partial charge on any atom is -0.470 e. The Morgan fingerprint density at radius 2 is 2.22 bits per heavy atom. The van der Waals surface area contributed by atoms with Crippen molar-refractivity contribution >= 4 is 0 Å². The van der Waals surface area contributed by atoms with Crippen molar-refractivity contribution in [2.24, 2.45) is 5.73 Å². The van der Waals surface area contributed by atoms with E-state index in [1.54, 1.807) is 12.0 Å². The second-order valence-electron chi connectivity index (χ2n) is 3.81. The van der Waals surface area contributed by atoms with E-state index in [0.717, 1.165) is 12.0 Å². The number of hydrogen-bond acceptors (Lipinski definition) is 3. The van der Waals surface area contributed by atoms with Gasteiger partial charge in [0.1, 0.15) is 0 Å². The van der Waals surface area contributed by atoms with E-state index in [2.05, 4.69) is 10.9 Å². The zero-order valence-electron chi connectivity index (χ0n) is 10.4. The van der Waals surface area contributed by atoms with Gasteiger partial charge in [-0.25, -0.2) is 4.98 Å². The molecule has 0 fully saturated rings. The van der Waals surface area contributed by atoms with Gasteiger partial charge in [-0.1, -0.05) is 13.0 Å². The predicted octanol–water partition coefficient (Wildman–Crippen LogP) is 2.53. The molecule has 0 bridgehead atoms. The molecule has 0 aliphatic rings. The number of hydrogen-bond donors (Lipinski definition) is 1. The fourth-order valence-corrected chi connectivity index (χ4v) is 1.32. The van der Waals surface area contributed by atoms with Crippen LogP contribution in [-0.2, 0) is 0 Å². The average molecular weight is 254 g/mol. The number of nitrogens with two attached hydrogens (primary N) is 1. The van der Waals surface area contributed by atoms with Crippen LogP contribution in [0.1, 0.15) is 31.9 Å². The highest BCUT2D eigenvalue weighted by Gasteiger charge is 2.27. The molecular formula is C13H16F2N2O. The van der Waals surface area contributed by atoms with Crippen molar-refractivity contribution in [1.29, 1.82) is 0 Å². The lowest BCUT2D eigenvalue weighted by Gasteiger charge is -2.12. The second-order valence-corrected chi connectivity index (χ2v) is 3.81. The number of nitrogens with zero attached hydrogens (tertiary/aromatic N) is 1. The molecule has 1 atom stereocenters. The van der Waals surface area contributed by atoms with Crippen LogP contribution < -0.4 is 10.5 Å². The normalized spacial score (nSPS) is 12.5. The Bertz CT molecular complexity index is 435. The van der Waals surface area contributed by atoms with Crippen LogP contribution in [0.5, 0.6) is 5.88 Å². The van der Waals surface area contributed by atoms with Crippen molar-refractivity contribution in [2.75, 3.05) is 6.61 Å². The summed E-state index contributed by atoms with van der Waals surface area (Å²) < 4.78 is 30.9. The molecule has 0 amide bonds. The summed E-state index contributed by atoms with van der Waals surface area (Å²) in [7, 11) is 0. The van der Waals surface area contributed by atoms with E-state index >= 15 is 0 Å². The van der Waals surface area contributed by atoms with E-state index in [-0.39, 0.29) is 11.9 Å². The van der Waals surface area contributed by atoms with Crippen molar-refractivity contribution in [2.45, 2.75) is 32.2 Å². The highest BCUT2D eigenvalue weighted by Crippen LogP contribution is 2.18. The van der Waals surface area contributed by atoms with Crippen LogP contribution in [0.2, 0.25) is 0 Å². The molecule has 0 aliphatic heterocycles. The molecule has 3 nitrogen and oxygen atoms in total. The van der Waals surface area contributed by atoms with Crippen LogP contribution in [-0.4, -0.2) is 17.5 Å². The topological polar surface area (TPSA) is 48.1 Å². The summed E-state index contributed by atoms with van der Waals surface area (Å²) in [5.74, 6) is 0.914. The zero-order valence-corrected chi connectivity index (χ0v) is 10.4. The molecule has 5 heteroatoms. The van der Waals surface area contributed by atoms with E-state index in [4.69, 9.17) is 10.5 Å². The third-order valence-corrected chi connectivity index (χ3v) is 2.34. The zero-order chi connectivity index (χ0) is 13.6. The van der Waals surface area contributed by atoms with E-state index in [9.17, 15) is 8.78 Å². The van der Waals surface area contributed by atoms with Crippen molar-refractivity contribution in [3.05, 3.63) is 23.9 Å². The Kier molecular flexibility index (Phi) is 5.05. The molecule has 1 aromatic heterocycles. The Hall–Kier alpha value is -1.67. The highest BCUT2D eigenvalue weighted by molar-refractivity contribution is 5.20. The van der Waals surface area contributed by atoms with E-state index < -0.39 is 12.5 Å². The Labute approximate surface area is 105 Å². The fourth-order valence-electron chi connectivity index (χ4n) is 1.32. The third kappa shape index (κ3) is 4.30. The molecule has 1 heterocycles. The summed E-state index contributed by atoms with van der Waals surface area (Å²) in [5, 5.41) is 0. The first-order chi connectivity index (χ1) is 8.48. The van der Waals surface area contributed by atoms with Gasteiger partial charge in [-0.15, -0.1) is 5.92 Å². The summed E-state index contributed by atoms with van der Waals surface area (Å²) in [5.41, 5.74) is 6.66. The molecule has 0 saturated heterocycles. The van der Waals surface area contributed by atoms with Crippen molar-refractivity contribution in [3.8, 4) is 17.7 Å². The summed E-state index contributed by atoms with van der Waals surface area (Å²) in [6.07, 6.45) is 2.32. The predicted molar refractivity (Wildman–Crippen MR) is 65.3 cm³/mol. The summed E-state index contributed by atoms with van der Waals surface area (Å²) in [6.45, 7) is 2.51. The second kappa shape index (κ2) is 6.31. The Morgan fingerprint density at radius 3 is 2.72 bits per heavy atom. The lowest BCUT2D eigenvalue weighted by molar-refractivity contribution is 0.0129. The highest BCUT2D eigenvalue weighted by atomic mass is 19.3. The maximum absolute atomic E-state index is 13.0. The first-order valence-electron chi connectivity index (χ1n) is 5.64. The first kappa shape index (κ1) is 14.4. The first-order valence-corrected chi connectivity index (χ1v) is 5.64. The number of ether oxygens (including phenoxy) is 1.